The van der Waals surface area contributed by atoms with Crippen molar-refractivity contribution in [2.75, 3.05) is 5.32 Å². The van der Waals surface area contributed by atoms with Crippen molar-refractivity contribution >= 4 is 34.9 Å². The molecule has 1 heterocycles. The molecule has 3 rings (SSSR count). The lowest BCUT2D eigenvalue weighted by Crippen LogP contribution is -2.13. The van der Waals surface area contributed by atoms with Gasteiger partial charge < -0.3 is 5.32 Å². The number of anilines is 1. The Kier molecular flexibility index (Phi) is 4.65. The lowest BCUT2D eigenvalue weighted by molar-refractivity contribution is 0.102. The van der Waals surface area contributed by atoms with E-state index in [0.29, 0.717) is 28.0 Å². The van der Waals surface area contributed by atoms with E-state index in [4.69, 9.17) is 23.2 Å². The second-order valence-electron chi connectivity index (χ2n) is 4.92. The molecule has 1 amide bonds. The molecule has 23 heavy (non-hydrogen) atoms. The van der Waals surface area contributed by atoms with Crippen LogP contribution in [-0.2, 0) is 6.54 Å². The molecular weight excluding hydrogens is 333 g/mol. The largest absolute Gasteiger partial charge is 0.305 e. The van der Waals surface area contributed by atoms with Crippen molar-refractivity contribution in [1.29, 1.82) is 0 Å². The van der Waals surface area contributed by atoms with Crippen LogP contribution in [0.1, 0.15) is 15.9 Å². The molecule has 0 aliphatic carbocycles. The van der Waals surface area contributed by atoms with Crippen LogP contribution in [0.25, 0.3) is 0 Å². The Labute approximate surface area is 143 Å². The van der Waals surface area contributed by atoms with E-state index in [1.807, 2.05) is 24.3 Å². The summed E-state index contributed by atoms with van der Waals surface area (Å²) in [7, 11) is 0. The molecule has 0 aliphatic heterocycles. The zero-order valence-corrected chi connectivity index (χ0v) is 13.6. The van der Waals surface area contributed by atoms with E-state index in [9.17, 15) is 4.79 Å². The zero-order valence-electron chi connectivity index (χ0n) is 12.0. The number of halogens is 2. The van der Waals surface area contributed by atoms with Gasteiger partial charge >= 0.3 is 0 Å². The second-order valence-corrected chi connectivity index (χ2v) is 5.74. The first-order valence-electron chi connectivity index (χ1n) is 6.96. The number of aromatic nitrogens is 2. The number of nitrogens with zero attached hydrogens (tertiary/aromatic N) is 2. The van der Waals surface area contributed by atoms with E-state index in [1.165, 1.54) is 0 Å². The second kappa shape index (κ2) is 6.86. The van der Waals surface area contributed by atoms with Crippen molar-refractivity contribution in [3.63, 3.8) is 0 Å². The lowest BCUT2D eigenvalue weighted by atomic mass is 10.2. The molecule has 0 saturated heterocycles. The average molecular weight is 346 g/mol. The van der Waals surface area contributed by atoms with E-state index in [2.05, 4.69) is 10.4 Å². The molecule has 0 aliphatic rings. The number of carbonyl (C=O) groups is 1. The lowest BCUT2D eigenvalue weighted by Gasteiger charge is -2.05. The first-order chi connectivity index (χ1) is 11.1. The molecule has 0 spiro atoms. The van der Waals surface area contributed by atoms with Gasteiger partial charge in [0.05, 0.1) is 17.1 Å². The van der Waals surface area contributed by atoms with Gasteiger partial charge in [0.15, 0.2) is 5.82 Å². The Morgan fingerprint density at radius 2 is 1.70 bits per heavy atom. The van der Waals surface area contributed by atoms with Gasteiger partial charge in [0, 0.05) is 17.3 Å². The predicted molar refractivity (Wildman–Crippen MR) is 92.2 cm³/mol. The van der Waals surface area contributed by atoms with Gasteiger partial charge in [-0.15, -0.1) is 0 Å². The standard InChI is InChI=1S/C17H13Cl2N3O/c18-14-7-3-1-5-12(14)11-22-10-9-16(21-22)20-17(23)13-6-2-4-8-15(13)19/h1-10H,11H2,(H,20,21,23). The minimum atomic E-state index is -0.293. The van der Waals surface area contributed by atoms with Gasteiger partial charge in [-0.05, 0) is 23.8 Å². The molecule has 2 aromatic carbocycles. The molecule has 3 aromatic rings. The number of carbonyl (C=O) groups excluding carboxylic acids is 1. The van der Waals surface area contributed by atoms with Gasteiger partial charge in [-0.3, -0.25) is 9.48 Å². The Morgan fingerprint density at radius 1 is 1.00 bits per heavy atom. The topological polar surface area (TPSA) is 46.9 Å². The summed E-state index contributed by atoms with van der Waals surface area (Å²) in [5.74, 6) is 0.167. The summed E-state index contributed by atoms with van der Waals surface area (Å²) in [5, 5.41) is 8.14. The number of amides is 1. The van der Waals surface area contributed by atoms with Crippen molar-refractivity contribution in [1.82, 2.24) is 9.78 Å². The highest BCUT2D eigenvalue weighted by atomic mass is 35.5. The summed E-state index contributed by atoms with van der Waals surface area (Å²) >= 11 is 12.2. The van der Waals surface area contributed by atoms with Crippen LogP contribution in [0.3, 0.4) is 0 Å². The summed E-state index contributed by atoms with van der Waals surface area (Å²) < 4.78 is 1.71. The molecule has 4 nitrogen and oxygen atoms in total. The van der Waals surface area contributed by atoms with Crippen molar-refractivity contribution in [3.8, 4) is 0 Å². The van der Waals surface area contributed by atoms with E-state index < -0.39 is 0 Å². The summed E-state index contributed by atoms with van der Waals surface area (Å²) in [5.41, 5.74) is 1.37. The van der Waals surface area contributed by atoms with Crippen LogP contribution >= 0.6 is 23.2 Å². The van der Waals surface area contributed by atoms with Crippen LogP contribution in [-0.4, -0.2) is 15.7 Å². The Morgan fingerprint density at radius 3 is 2.43 bits per heavy atom. The smallest absolute Gasteiger partial charge is 0.258 e. The molecular formula is C17H13Cl2N3O. The van der Waals surface area contributed by atoms with Gasteiger partial charge in [-0.2, -0.15) is 5.10 Å². The number of hydrogen-bond acceptors (Lipinski definition) is 2. The van der Waals surface area contributed by atoms with Crippen molar-refractivity contribution < 1.29 is 4.79 Å². The quantitative estimate of drug-likeness (QED) is 0.757. The van der Waals surface area contributed by atoms with Crippen LogP contribution in [0.5, 0.6) is 0 Å². The molecule has 0 saturated carbocycles. The maximum absolute atomic E-state index is 12.2. The minimum absolute atomic E-state index is 0.293. The van der Waals surface area contributed by atoms with Crippen LogP contribution in [0.15, 0.2) is 60.8 Å². The normalized spacial score (nSPS) is 10.5. The summed E-state index contributed by atoms with van der Waals surface area (Å²) in [6.07, 6.45) is 1.78. The third kappa shape index (κ3) is 3.73. The molecule has 0 unspecified atom stereocenters. The van der Waals surface area contributed by atoms with E-state index in [-0.39, 0.29) is 5.91 Å². The van der Waals surface area contributed by atoms with Crippen molar-refractivity contribution in [3.05, 3.63) is 82.0 Å². The Bertz CT molecular complexity index is 845. The number of nitrogens with one attached hydrogen (secondary N) is 1. The Hall–Kier alpha value is -2.30. The third-order valence-electron chi connectivity index (χ3n) is 3.29. The fourth-order valence-electron chi connectivity index (χ4n) is 2.15. The molecule has 116 valence electrons. The van der Waals surface area contributed by atoms with Gasteiger partial charge in [0.2, 0.25) is 0 Å². The SMILES string of the molecule is O=C(Nc1ccn(Cc2ccccc2Cl)n1)c1ccccc1Cl. The number of benzene rings is 2. The van der Waals surface area contributed by atoms with Gasteiger partial charge in [0.25, 0.3) is 5.91 Å². The van der Waals surface area contributed by atoms with Crippen molar-refractivity contribution in [2.45, 2.75) is 6.54 Å². The molecule has 1 aromatic heterocycles. The first-order valence-corrected chi connectivity index (χ1v) is 7.72. The average Bonchev–Trinajstić information content (AvgIpc) is 2.97. The summed E-state index contributed by atoms with van der Waals surface area (Å²) in [6, 6.07) is 16.2. The van der Waals surface area contributed by atoms with E-state index in [1.54, 1.807) is 41.2 Å². The highest BCUT2D eigenvalue weighted by Gasteiger charge is 2.11. The van der Waals surface area contributed by atoms with Gasteiger partial charge in [-0.25, -0.2) is 0 Å². The van der Waals surface area contributed by atoms with Crippen LogP contribution in [0, 0.1) is 0 Å². The highest BCUT2D eigenvalue weighted by Crippen LogP contribution is 2.18. The predicted octanol–water partition coefficient (Wildman–Crippen LogP) is 4.49. The summed E-state index contributed by atoms with van der Waals surface area (Å²) in [4.78, 5) is 12.2. The molecule has 0 radical (unpaired) electrons. The van der Waals surface area contributed by atoms with Crippen molar-refractivity contribution in [2.24, 2.45) is 0 Å². The maximum Gasteiger partial charge on any atom is 0.258 e. The van der Waals surface area contributed by atoms with E-state index >= 15 is 0 Å². The molecule has 0 fully saturated rings. The number of rotatable bonds is 4. The first kappa shape index (κ1) is 15.6. The maximum atomic E-state index is 12.2. The fraction of sp³-hybridized carbons (Fsp3) is 0.0588. The fourth-order valence-corrected chi connectivity index (χ4v) is 2.56. The highest BCUT2D eigenvalue weighted by molar-refractivity contribution is 6.34. The monoisotopic (exact) mass is 345 g/mol. The van der Waals surface area contributed by atoms with Crippen LogP contribution < -0.4 is 5.32 Å². The zero-order chi connectivity index (χ0) is 16.2. The third-order valence-corrected chi connectivity index (χ3v) is 3.99. The number of hydrogen-bond donors (Lipinski definition) is 1. The molecule has 1 N–H and O–H groups in total. The van der Waals surface area contributed by atoms with Gasteiger partial charge in [-0.1, -0.05) is 53.5 Å². The van der Waals surface area contributed by atoms with Gasteiger partial charge in [0.1, 0.15) is 0 Å². The van der Waals surface area contributed by atoms with E-state index in [0.717, 1.165) is 5.56 Å². The molecule has 0 bridgehead atoms. The minimum Gasteiger partial charge on any atom is -0.305 e. The van der Waals surface area contributed by atoms with Crippen LogP contribution in [0.2, 0.25) is 10.0 Å². The Balaban J connectivity index is 1.72. The molecule has 0 atom stereocenters. The molecule has 6 heteroatoms. The summed E-state index contributed by atoms with van der Waals surface area (Å²) in [6.45, 7) is 0.529. The van der Waals surface area contributed by atoms with Crippen LogP contribution in [0.4, 0.5) is 5.82 Å².